The van der Waals surface area contributed by atoms with Crippen LogP contribution in [0.5, 0.6) is 0 Å². The van der Waals surface area contributed by atoms with E-state index in [2.05, 4.69) is 86.3 Å². The Hall–Kier alpha value is -2.19. The van der Waals surface area contributed by atoms with Crippen molar-refractivity contribution in [3.8, 4) is 0 Å². The first kappa shape index (κ1) is 17.6. The first-order valence-corrected chi connectivity index (χ1v) is 9.30. The van der Waals surface area contributed by atoms with Crippen LogP contribution in [-0.4, -0.2) is 0 Å². The maximum atomic E-state index is 4.70. The third-order valence-electron chi connectivity index (χ3n) is 4.81. The average molecular weight is 348 g/mol. The van der Waals surface area contributed by atoms with Crippen LogP contribution < -0.4 is 4.90 Å². The molecule has 25 heavy (non-hydrogen) atoms. The standard InChI is InChI=1S/C23H25NS/c1-4-17(2)19-13-15-20(16-14-19)24(21-10-6-5-9-18(21)3)22-11-7-8-12-23(22)25/h5-17,25H,4H2,1-3H3. The lowest BCUT2D eigenvalue weighted by molar-refractivity contribution is 0.733. The van der Waals surface area contributed by atoms with E-state index in [4.69, 9.17) is 12.6 Å². The predicted molar refractivity (Wildman–Crippen MR) is 112 cm³/mol. The minimum Gasteiger partial charge on any atom is -0.309 e. The largest absolute Gasteiger partial charge is 0.309 e. The van der Waals surface area contributed by atoms with Crippen molar-refractivity contribution in [2.75, 3.05) is 4.90 Å². The molecule has 0 aromatic heterocycles. The molecule has 0 aliphatic heterocycles. The Morgan fingerprint density at radius 2 is 1.44 bits per heavy atom. The molecule has 0 radical (unpaired) electrons. The SMILES string of the molecule is CCC(C)c1ccc(N(c2ccccc2C)c2ccccc2S)cc1. The molecule has 1 atom stereocenters. The molecular formula is C23H25NS. The molecule has 0 heterocycles. The third kappa shape index (κ3) is 3.74. The van der Waals surface area contributed by atoms with Gasteiger partial charge in [-0.2, -0.15) is 0 Å². The maximum absolute atomic E-state index is 4.70. The summed E-state index contributed by atoms with van der Waals surface area (Å²) in [5.74, 6) is 0.582. The zero-order chi connectivity index (χ0) is 17.8. The number of para-hydroxylation sites is 2. The molecule has 1 unspecified atom stereocenters. The van der Waals surface area contributed by atoms with E-state index in [0.717, 1.165) is 22.7 Å². The Morgan fingerprint density at radius 3 is 2.04 bits per heavy atom. The second kappa shape index (κ2) is 7.79. The highest BCUT2D eigenvalue weighted by molar-refractivity contribution is 7.80. The van der Waals surface area contributed by atoms with Gasteiger partial charge < -0.3 is 4.90 Å². The fraction of sp³-hybridized carbons (Fsp3) is 0.217. The second-order valence-electron chi connectivity index (χ2n) is 6.51. The first-order valence-electron chi connectivity index (χ1n) is 8.85. The highest BCUT2D eigenvalue weighted by atomic mass is 32.1. The summed E-state index contributed by atoms with van der Waals surface area (Å²) in [5.41, 5.74) is 6.06. The topological polar surface area (TPSA) is 3.24 Å². The van der Waals surface area contributed by atoms with E-state index in [9.17, 15) is 0 Å². The average Bonchev–Trinajstić information content (AvgIpc) is 2.65. The predicted octanol–water partition coefficient (Wildman–Crippen LogP) is 7.27. The summed E-state index contributed by atoms with van der Waals surface area (Å²) in [4.78, 5) is 3.26. The highest BCUT2D eigenvalue weighted by Crippen LogP contribution is 2.39. The number of thiol groups is 1. The molecule has 0 aliphatic rings. The lowest BCUT2D eigenvalue weighted by Crippen LogP contribution is -2.12. The van der Waals surface area contributed by atoms with Crippen LogP contribution in [-0.2, 0) is 0 Å². The van der Waals surface area contributed by atoms with E-state index in [1.807, 2.05) is 12.1 Å². The molecule has 0 fully saturated rings. The van der Waals surface area contributed by atoms with Gasteiger partial charge in [-0.3, -0.25) is 0 Å². The van der Waals surface area contributed by atoms with Gasteiger partial charge >= 0.3 is 0 Å². The summed E-state index contributed by atoms with van der Waals surface area (Å²) in [7, 11) is 0. The van der Waals surface area contributed by atoms with Gasteiger partial charge in [0.1, 0.15) is 0 Å². The quantitative estimate of drug-likeness (QED) is 0.475. The summed E-state index contributed by atoms with van der Waals surface area (Å²) in [6.07, 6.45) is 1.15. The third-order valence-corrected chi connectivity index (χ3v) is 5.19. The number of benzene rings is 3. The van der Waals surface area contributed by atoms with E-state index in [-0.39, 0.29) is 0 Å². The molecule has 0 bridgehead atoms. The Kier molecular flexibility index (Phi) is 5.50. The van der Waals surface area contributed by atoms with Crippen molar-refractivity contribution in [2.45, 2.75) is 38.0 Å². The molecule has 0 N–H and O–H groups in total. The van der Waals surface area contributed by atoms with Crippen LogP contribution in [0.25, 0.3) is 0 Å². The number of anilines is 3. The fourth-order valence-electron chi connectivity index (χ4n) is 3.06. The van der Waals surface area contributed by atoms with Gasteiger partial charge in [-0.1, -0.05) is 56.3 Å². The molecule has 3 aromatic carbocycles. The molecule has 0 saturated carbocycles. The van der Waals surface area contributed by atoms with Crippen molar-refractivity contribution in [3.05, 3.63) is 83.9 Å². The van der Waals surface area contributed by atoms with Crippen molar-refractivity contribution in [1.82, 2.24) is 0 Å². The van der Waals surface area contributed by atoms with E-state index in [1.165, 1.54) is 16.8 Å². The summed E-state index contributed by atoms with van der Waals surface area (Å²) in [5, 5.41) is 0. The summed E-state index contributed by atoms with van der Waals surface area (Å²) < 4.78 is 0. The highest BCUT2D eigenvalue weighted by Gasteiger charge is 2.16. The number of hydrogen-bond donors (Lipinski definition) is 1. The summed E-state index contributed by atoms with van der Waals surface area (Å²) in [6, 6.07) is 25.7. The molecule has 0 saturated heterocycles. The van der Waals surface area contributed by atoms with Crippen molar-refractivity contribution in [2.24, 2.45) is 0 Å². The summed E-state index contributed by atoms with van der Waals surface area (Å²) in [6.45, 7) is 6.66. The van der Waals surface area contributed by atoms with Crippen molar-refractivity contribution in [3.63, 3.8) is 0 Å². The van der Waals surface area contributed by atoms with E-state index < -0.39 is 0 Å². The minimum atomic E-state index is 0.582. The van der Waals surface area contributed by atoms with Gasteiger partial charge in [0.25, 0.3) is 0 Å². The molecular weight excluding hydrogens is 322 g/mol. The van der Waals surface area contributed by atoms with Crippen molar-refractivity contribution < 1.29 is 0 Å². The minimum absolute atomic E-state index is 0.582. The van der Waals surface area contributed by atoms with Crippen LogP contribution in [0, 0.1) is 6.92 Å². The maximum Gasteiger partial charge on any atom is 0.0595 e. The fourth-order valence-corrected chi connectivity index (χ4v) is 3.32. The molecule has 3 aromatic rings. The van der Waals surface area contributed by atoms with Gasteiger partial charge in [-0.25, -0.2) is 0 Å². The Morgan fingerprint density at radius 1 is 0.840 bits per heavy atom. The van der Waals surface area contributed by atoms with Crippen LogP contribution >= 0.6 is 12.6 Å². The Balaban J connectivity index is 2.12. The van der Waals surface area contributed by atoms with E-state index in [1.54, 1.807) is 0 Å². The monoisotopic (exact) mass is 347 g/mol. The second-order valence-corrected chi connectivity index (χ2v) is 6.99. The molecule has 0 spiro atoms. The van der Waals surface area contributed by atoms with Crippen LogP contribution in [0.4, 0.5) is 17.1 Å². The van der Waals surface area contributed by atoms with Crippen LogP contribution in [0.3, 0.4) is 0 Å². The zero-order valence-corrected chi connectivity index (χ0v) is 16.0. The van der Waals surface area contributed by atoms with E-state index in [0.29, 0.717) is 5.92 Å². The molecule has 0 aliphatic carbocycles. The van der Waals surface area contributed by atoms with Crippen LogP contribution in [0.2, 0.25) is 0 Å². The zero-order valence-electron chi connectivity index (χ0n) is 15.1. The summed E-state index contributed by atoms with van der Waals surface area (Å²) >= 11 is 4.70. The smallest absolute Gasteiger partial charge is 0.0595 e. The number of rotatable bonds is 5. The lowest BCUT2D eigenvalue weighted by atomic mass is 9.98. The van der Waals surface area contributed by atoms with Crippen LogP contribution in [0.15, 0.2) is 77.7 Å². The number of aryl methyl sites for hydroxylation is 1. The molecule has 1 nitrogen and oxygen atoms in total. The molecule has 3 rings (SSSR count). The Labute approximate surface area is 156 Å². The molecule has 128 valence electrons. The van der Waals surface area contributed by atoms with Gasteiger partial charge in [-0.15, -0.1) is 12.6 Å². The van der Waals surface area contributed by atoms with Crippen molar-refractivity contribution in [1.29, 1.82) is 0 Å². The van der Waals surface area contributed by atoms with E-state index >= 15 is 0 Å². The molecule has 0 amide bonds. The normalized spacial score (nSPS) is 12.0. The number of nitrogens with zero attached hydrogens (tertiary/aromatic N) is 1. The van der Waals surface area contributed by atoms with Gasteiger partial charge in [0.2, 0.25) is 0 Å². The van der Waals surface area contributed by atoms with Gasteiger partial charge in [0, 0.05) is 16.3 Å². The lowest BCUT2D eigenvalue weighted by Gasteiger charge is -2.28. The van der Waals surface area contributed by atoms with Crippen LogP contribution in [0.1, 0.15) is 37.3 Å². The molecule has 2 heteroatoms. The first-order chi connectivity index (χ1) is 12.1. The van der Waals surface area contributed by atoms with Gasteiger partial charge in [0.15, 0.2) is 0 Å². The van der Waals surface area contributed by atoms with Gasteiger partial charge in [0.05, 0.1) is 5.69 Å². The van der Waals surface area contributed by atoms with Crippen molar-refractivity contribution >= 4 is 29.7 Å². The Bertz CT molecular complexity index is 793. The van der Waals surface area contributed by atoms with Gasteiger partial charge in [-0.05, 0) is 60.7 Å². The number of hydrogen-bond acceptors (Lipinski definition) is 2.